The first kappa shape index (κ1) is 16.6. The largest absolute Gasteiger partial charge is 0.478 e. The monoisotopic (exact) mass is 353 g/mol. The number of anilines is 1. The second kappa shape index (κ2) is 7.11. The maximum Gasteiger partial charge on any atom is 0.335 e. The minimum atomic E-state index is -1.06. The van der Waals surface area contributed by atoms with Gasteiger partial charge in [0, 0.05) is 23.6 Å². The van der Waals surface area contributed by atoms with E-state index in [9.17, 15) is 9.59 Å². The van der Waals surface area contributed by atoms with Crippen molar-refractivity contribution in [2.75, 3.05) is 5.32 Å². The number of pyridine rings is 2. The molecule has 0 aliphatic carbocycles. The van der Waals surface area contributed by atoms with Crippen LogP contribution in [0.3, 0.4) is 0 Å². The van der Waals surface area contributed by atoms with Crippen LogP contribution in [0.15, 0.2) is 60.9 Å². The topological polar surface area (TPSA) is 92.2 Å². The molecule has 1 aromatic carbocycles. The number of aromatic carboxylic acids is 1. The summed E-state index contributed by atoms with van der Waals surface area (Å²) >= 11 is 6.09. The lowest BCUT2D eigenvalue weighted by molar-refractivity contribution is 0.0696. The molecule has 0 radical (unpaired) electrons. The molecule has 1 amide bonds. The molecule has 0 bridgehead atoms. The first-order valence-corrected chi connectivity index (χ1v) is 7.64. The lowest BCUT2D eigenvalue weighted by Gasteiger charge is -2.07. The molecule has 0 unspecified atom stereocenters. The van der Waals surface area contributed by atoms with Crippen molar-refractivity contribution in [3.8, 4) is 11.3 Å². The highest BCUT2D eigenvalue weighted by atomic mass is 35.5. The van der Waals surface area contributed by atoms with Gasteiger partial charge in [0.2, 0.25) is 0 Å². The molecule has 0 saturated carbocycles. The summed E-state index contributed by atoms with van der Waals surface area (Å²) in [6, 6.07) is 12.7. The zero-order chi connectivity index (χ0) is 17.8. The fraction of sp³-hybridized carbons (Fsp3) is 0. The van der Waals surface area contributed by atoms with Gasteiger partial charge in [-0.1, -0.05) is 17.7 Å². The Morgan fingerprint density at radius 3 is 2.56 bits per heavy atom. The van der Waals surface area contributed by atoms with Crippen LogP contribution >= 0.6 is 11.6 Å². The predicted octanol–water partition coefficient (Wildman–Crippen LogP) is 3.75. The van der Waals surface area contributed by atoms with Crippen molar-refractivity contribution >= 4 is 29.2 Å². The van der Waals surface area contributed by atoms with Crippen molar-refractivity contribution in [1.82, 2.24) is 9.97 Å². The number of carbonyl (C=O) groups excluding carboxylic acids is 1. The van der Waals surface area contributed by atoms with Crippen LogP contribution in [0.2, 0.25) is 5.02 Å². The zero-order valence-corrected chi connectivity index (χ0v) is 13.6. The summed E-state index contributed by atoms with van der Waals surface area (Å²) in [6.07, 6.45) is 3.13. The number of rotatable bonds is 4. The molecule has 0 saturated heterocycles. The number of nitrogens with one attached hydrogen (secondary N) is 1. The van der Waals surface area contributed by atoms with Gasteiger partial charge >= 0.3 is 5.97 Å². The van der Waals surface area contributed by atoms with E-state index in [1.54, 1.807) is 42.6 Å². The SMILES string of the molecule is O=C(O)c1cccc(NC(=O)c2ccc(-c3ncccc3Cl)cn2)c1. The summed E-state index contributed by atoms with van der Waals surface area (Å²) in [5.74, 6) is -1.51. The number of benzene rings is 1. The molecule has 0 spiro atoms. The molecule has 0 aliphatic rings. The van der Waals surface area contributed by atoms with Crippen molar-refractivity contribution in [3.63, 3.8) is 0 Å². The van der Waals surface area contributed by atoms with E-state index in [2.05, 4.69) is 15.3 Å². The van der Waals surface area contributed by atoms with Gasteiger partial charge in [-0.05, 0) is 42.5 Å². The highest BCUT2D eigenvalue weighted by Crippen LogP contribution is 2.24. The quantitative estimate of drug-likeness (QED) is 0.745. The molecule has 25 heavy (non-hydrogen) atoms. The highest BCUT2D eigenvalue weighted by molar-refractivity contribution is 6.33. The van der Waals surface area contributed by atoms with E-state index in [4.69, 9.17) is 16.7 Å². The van der Waals surface area contributed by atoms with Crippen LogP contribution in [0.4, 0.5) is 5.69 Å². The molecule has 3 aromatic rings. The minimum absolute atomic E-state index is 0.0888. The third-order valence-electron chi connectivity index (χ3n) is 3.40. The number of hydrogen-bond donors (Lipinski definition) is 2. The molecule has 7 heteroatoms. The molecule has 0 atom stereocenters. The van der Waals surface area contributed by atoms with Crippen LogP contribution in [0.5, 0.6) is 0 Å². The van der Waals surface area contributed by atoms with Gasteiger partial charge in [-0.3, -0.25) is 14.8 Å². The number of halogens is 1. The Morgan fingerprint density at radius 1 is 1.04 bits per heavy atom. The van der Waals surface area contributed by atoms with Crippen LogP contribution in [0.1, 0.15) is 20.8 Å². The zero-order valence-electron chi connectivity index (χ0n) is 12.8. The van der Waals surface area contributed by atoms with Gasteiger partial charge in [-0.2, -0.15) is 0 Å². The van der Waals surface area contributed by atoms with E-state index in [0.717, 1.165) is 0 Å². The van der Waals surface area contributed by atoms with Crippen LogP contribution < -0.4 is 5.32 Å². The Labute approximate surface area is 148 Å². The van der Waals surface area contributed by atoms with Gasteiger partial charge < -0.3 is 10.4 Å². The van der Waals surface area contributed by atoms with Crippen molar-refractivity contribution in [2.24, 2.45) is 0 Å². The summed E-state index contributed by atoms with van der Waals surface area (Å²) in [5.41, 5.74) is 1.93. The number of carboxylic acids is 1. The lowest BCUT2D eigenvalue weighted by atomic mass is 10.1. The lowest BCUT2D eigenvalue weighted by Crippen LogP contribution is -2.14. The third kappa shape index (κ3) is 3.81. The normalized spacial score (nSPS) is 10.3. The van der Waals surface area contributed by atoms with Crippen molar-refractivity contribution in [2.45, 2.75) is 0 Å². The van der Waals surface area contributed by atoms with E-state index in [1.165, 1.54) is 18.3 Å². The highest BCUT2D eigenvalue weighted by Gasteiger charge is 2.11. The Balaban J connectivity index is 1.78. The summed E-state index contributed by atoms with van der Waals surface area (Å²) in [4.78, 5) is 31.5. The molecule has 2 N–H and O–H groups in total. The number of hydrogen-bond acceptors (Lipinski definition) is 4. The van der Waals surface area contributed by atoms with Crippen LogP contribution in [-0.2, 0) is 0 Å². The van der Waals surface area contributed by atoms with E-state index in [0.29, 0.717) is 22.0 Å². The number of nitrogens with zero attached hydrogens (tertiary/aromatic N) is 2. The molecule has 2 aromatic heterocycles. The van der Waals surface area contributed by atoms with Crippen molar-refractivity contribution in [3.05, 3.63) is 77.2 Å². The number of amides is 1. The van der Waals surface area contributed by atoms with Crippen molar-refractivity contribution < 1.29 is 14.7 Å². The average Bonchev–Trinajstić information content (AvgIpc) is 2.62. The second-order valence-electron chi connectivity index (χ2n) is 5.11. The number of aromatic nitrogens is 2. The first-order chi connectivity index (χ1) is 12.0. The Hall–Kier alpha value is -3.25. The second-order valence-corrected chi connectivity index (χ2v) is 5.51. The van der Waals surface area contributed by atoms with E-state index in [-0.39, 0.29) is 11.3 Å². The summed E-state index contributed by atoms with van der Waals surface area (Å²) in [5, 5.41) is 12.1. The fourth-order valence-corrected chi connectivity index (χ4v) is 2.42. The molecule has 2 heterocycles. The van der Waals surface area contributed by atoms with Gasteiger partial charge in [-0.25, -0.2) is 4.79 Å². The molecule has 3 rings (SSSR count). The van der Waals surface area contributed by atoms with Gasteiger partial charge in [0.25, 0.3) is 5.91 Å². The average molecular weight is 354 g/mol. The van der Waals surface area contributed by atoms with Crippen LogP contribution in [0.25, 0.3) is 11.3 Å². The minimum Gasteiger partial charge on any atom is -0.478 e. The van der Waals surface area contributed by atoms with Crippen molar-refractivity contribution in [1.29, 1.82) is 0 Å². The summed E-state index contributed by atoms with van der Waals surface area (Å²) < 4.78 is 0. The fourth-order valence-electron chi connectivity index (χ4n) is 2.19. The number of carboxylic acid groups (broad SMARTS) is 1. The van der Waals surface area contributed by atoms with Gasteiger partial charge in [0.05, 0.1) is 16.3 Å². The summed E-state index contributed by atoms with van der Waals surface area (Å²) in [6.45, 7) is 0. The molecule has 0 fully saturated rings. The van der Waals surface area contributed by atoms with Gasteiger partial charge in [0.1, 0.15) is 5.69 Å². The van der Waals surface area contributed by atoms with Crippen LogP contribution in [0, 0.1) is 0 Å². The van der Waals surface area contributed by atoms with E-state index in [1.807, 2.05) is 0 Å². The van der Waals surface area contributed by atoms with Gasteiger partial charge in [0.15, 0.2) is 0 Å². The third-order valence-corrected chi connectivity index (χ3v) is 3.70. The first-order valence-electron chi connectivity index (χ1n) is 7.26. The maximum atomic E-state index is 12.2. The molecular weight excluding hydrogens is 342 g/mol. The predicted molar refractivity (Wildman–Crippen MR) is 93.8 cm³/mol. The van der Waals surface area contributed by atoms with E-state index >= 15 is 0 Å². The molecule has 124 valence electrons. The van der Waals surface area contributed by atoms with E-state index < -0.39 is 11.9 Å². The standard InChI is InChI=1S/C18H12ClN3O3/c19-14-5-2-8-20-16(14)12-6-7-15(21-10-12)17(23)22-13-4-1-3-11(9-13)18(24)25/h1-10H,(H,22,23)(H,24,25). The smallest absolute Gasteiger partial charge is 0.335 e. The number of carbonyl (C=O) groups is 2. The summed E-state index contributed by atoms with van der Waals surface area (Å²) in [7, 11) is 0. The van der Waals surface area contributed by atoms with Gasteiger partial charge in [-0.15, -0.1) is 0 Å². The maximum absolute atomic E-state index is 12.2. The molecule has 6 nitrogen and oxygen atoms in total. The Bertz CT molecular complexity index is 942. The molecular formula is C18H12ClN3O3. The molecule has 0 aliphatic heterocycles. The van der Waals surface area contributed by atoms with Crippen LogP contribution in [-0.4, -0.2) is 27.0 Å². The Kier molecular flexibility index (Phi) is 4.72. The Morgan fingerprint density at radius 2 is 1.88 bits per heavy atom.